The van der Waals surface area contributed by atoms with E-state index in [0.29, 0.717) is 12.2 Å². The molecule has 0 saturated carbocycles. The van der Waals surface area contributed by atoms with Crippen molar-refractivity contribution in [3.8, 4) is 0 Å². The third kappa shape index (κ3) is 4.11. The molecule has 0 amide bonds. The topological polar surface area (TPSA) is 135 Å². The van der Waals surface area contributed by atoms with Crippen LogP contribution in [0, 0.1) is 6.92 Å². The quantitative estimate of drug-likeness (QED) is 0.671. The van der Waals surface area contributed by atoms with E-state index in [1.807, 2.05) is 0 Å². The highest BCUT2D eigenvalue weighted by Gasteiger charge is 2.16. The summed E-state index contributed by atoms with van der Waals surface area (Å²) in [5.41, 5.74) is 0. The lowest BCUT2D eigenvalue weighted by Crippen LogP contribution is -2.26. The molecule has 0 unspecified atom stereocenters. The van der Waals surface area contributed by atoms with E-state index in [0.717, 1.165) is 16.2 Å². The second-order valence-corrected chi connectivity index (χ2v) is 8.94. The fraction of sp³-hybridized carbons (Fsp3) is 0.300. The zero-order valence-electron chi connectivity index (χ0n) is 11.0. The Morgan fingerprint density at radius 3 is 2.57 bits per heavy atom. The van der Waals surface area contributed by atoms with Crippen LogP contribution in [0.15, 0.2) is 27.6 Å². The summed E-state index contributed by atoms with van der Waals surface area (Å²) in [5.74, 6) is 0.506. The summed E-state index contributed by atoms with van der Waals surface area (Å²) in [5, 5.41) is 5.00. The summed E-state index contributed by atoms with van der Waals surface area (Å²) in [7, 11) is -7.35. The molecule has 2 aromatic rings. The van der Waals surface area contributed by atoms with E-state index in [1.165, 1.54) is 12.3 Å². The minimum atomic E-state index is -3.71. The Hall–Kier alpha value is -1.27. The van der Waals surface area contributed by atoms with Gasteiger partial charge in [0.25, 0.3) is 10.0 Å². The molecule has 0 saturated heterocycles. The number of hydrogen-bond donors (Lipinski definition) is 3. The van der Waals surface area contributed by atoms with Crippen LogP contribution < -0.4 is 9.86 Å². The lowest BCUT2D eigenvalue weighted by molar-refractivity contribution is 0.578. The molecule has 11 heteroatoms. The number of primary sulfonamides is 1. The second kappa shape index (κ2) is 5.85. The van der Waals surface area contributed by atoms with Gasteiger partial charge < -0.3 is 4.98 Å². The number of sulfonamides is 2. The first kappa shape index (κ1) is 16.1. The molecule has 0 atom stereocenters. The van der Waals surface area contributed by atoms with Crippen molar-refractivity contribution < 1.29 is 16.8 Å². The predicted molar refractivity (Wildman–Crippen MR) is 77.9 cm³/mol. The minimum absolute atomic E-state index is 0.00333. The number of thiophene rings is 1. The van der Waals surface area contributed by atoms with Gasteiger partial charge >= 0.3 is 0 Å². The van der Waals surface area contributed by atoms with Gasteiger partial charge in [-0.2, -0.15) is 0 Å². The van der Waals surface area contributed by atoms with Crippen molar-refractivity contribution in [2.45, 2.75) is 22.6 Å². The number of rotatable bonds is 6. The zero-order valence-corrected chi connectivity index (χ0v) is 13.5. The number of aromatic nitrogens is 2. The van der Waals surface area contributed by atoms with E-state index >= 15 is 0 Å². The summed E-state index contributed by atoms with van der Waals surface area (Å²) in [6.07, 6.45) is 1.61. The summed E-state index contributed by atoms with van der Waals surface area (Å²) in [6.45, 7) is 1.80. The first-order chi connectivity index (χ1) is 9.68. The highest BCUT2D eigenvalue weighted by Crippen LogP contribution is 2.20. The van der Waals surface area contributed by atoms with Crippen molar-refractivity contribution in [2.24, 2.45) is 5.14 Å². The van der Waals surface area contributed by atoms with E-state index in [9.17, 15) is 16.8 Å². The van der Waals surface area contributed by atoms with Gasteiger partial charge in [0, 0.05) is 11.4 Å². The van der Waals surface area contributed by atoms with Crippen molar-refractivity contribution in [2.75, 3.05) is 6.54 Å². The number of nitrogens with zero attached hydrogens (tertiary/aromatic N) is 1. The van der Waals surface area contributed by atoms with Gasteiger partial charge in [0.15, 0.2) is 5.03 Å². The van der Waals surface area contributed by atoms with Crippen LogP contribution in [0.2, 0.25) is 0 Å². The largest absolute Gasteiger partial charge is 0.332 e. The summed E-state index contributed by atoms with van der Waals surface area (Å²) >= 11 is 1.02. The Bertz CT molecular complexity index is 835. The van der Waals surface area contributed by atoms with E-state index in [-0.39, 0.29) is 15.8 Å². The summed E-state index contributed by atoms with van der Waals surface area (Å²) in [6, 6.07) is 3.02. The van der Waals surface area contributed by atoms with Crippen LogP contribution >= 0.6 is 11.3 Å². The SMILES string of the molecule is Cc1ncc(S(=O)(=O)NCCc2ccc(S(N)(=O)=O)s2)[nH]1. The lowest BCUT2D eigenvalue weighted by atomic mass is 10.3. The fourth-order valence-corrected chi connectivity index (χ4v) is 4.34. The number of nitrogens with two attached hydrogens (primary N) is 1. The molecule has 116 valence electrons. The average Bonchev–Trinajstić information content (AvgIpc) is 2.97. The van der Waals surface area contributed by atoms with Crippen LogP contribution in [0.5, 0.6) is 0 Å². The van der Waals surface area contributed by atoms with Crippen LogP contribution in [0.3, 0.4) is 0 Å². The standard InChI is InChI=1S/C10H14N4O4S3/c1-7-12-6-9(14-7)21(17,18)13-5-4-8-2-3-10(19-8)20(11,15)16/h2-3,6,13H,4-5H2,1H3,(H,12,14)(H2,11,15,16). The number of aromatic amines is 1. The Labute approximate surface area is 126 Å². The smallest absolute Gasteiger partial charge is 0.257 e. The fourth-order valence-electron chi connectivity index (χ4n) is 1.57. The number of hydrogen-bond acceptors (Lipinski definition) is 6. The van der Waals surface area contributed by atoms with Gasteiger partial charge in [0.1, 0.15) is 10.0 Å². The van der Waals surface area contributed by atoms with Gasteiger partial charge in [-0.05, 0) is 25.5 Å². The molecular formula is C10H14N4O4S3. The molecule has 0 radical (unpaired) electrons. The van der Waals surface area contributed by atoms with Gasteiger partial charge in [-0.25, -0.2) is 31.7 Å². The van der Waals surface area contributed by atoms with Gasteiger partial charge in [-0.1, -0.05) is 0 Å². The average molecular weight is 350 g/mol. The Morgan fingerprint density at radius 1 is 1.33 bits per heavy atom. The molecule has 8 nitrogen and oxygen atoms in total. The molecule has 2 aromatic heterocycles. The number of imidazole rings is 1. The minimum Gasteiger partial charge on any atom is -0.332 e. The molecule has 0 aromatic carbocycles. The van der Waals surface area contributed by atoms with Crippen molar-refractivity contribution in [1.82, 2.24) is 14.7 Å². The van der Waals surface area contributed by atoms with E-state index in [2.05, 4.69) is 14.7 Å². The van der Waals surface area contributed by atoms with Crippen LogP contribution in [0.1, 0.15) is 10.7 Å². The maximum atomic E-state index is 11.9. The van der Waals surface area contributed by atoms with Crippen molar-refractivity contribution in [3.63, 3.8) is 0 Å². The van der Waals surface area contributed by atoms with Gasteiger partial charge in [-0.15, -0.1) is 11.3 Å². The Morgan fingerprint density at radius 2 is 2.05 bits per heavy atom. The van der Waals surface area contributed by atoms with Gasteiger partial charge in [0.05, 0.1) is 6.20 Å². The first-order valence-corrected chi connectivity index (χ1v) is 9.66. The molecule has 21 heavy (non-hydrogen) atoms. The molecule has 2 rings (SSSR count). The molecule has 0 bridgehead atoms. The van der Waals surface area contributed by atoms with E-state index in [1.54, 1.807) is 13.0 Å². The molecular weight excluding hydrogens is 336 g/mol. The third-order valence-electron chi connectivity index (χ3n) is 2.55. The maximum absolute atomic E-state index is 11.9. The Balaban J connectivity index is 1.97. The van der Waals surface area contributed by atoms with E-state index in [4.69, 9.17) is 5.14 Å². The summed E-state index contributed by atoms with van der Waals surface area (Å²) < 4.78 is 48.5. The number of aryl methyl sites for hydroxylation is 1. The monoisotopic (exact) mass is 350 g/mol. The first-order valence-electron chi connectivity index (χ1n) is 5.81. The van der Waals surface area contributed by atoms with Crippen LogP contribution in [0.4, 0.5) is 0 Å². The van der Waals surface area contributed by atoms with Crippen molar-refractivity contribution >= 4 is 31.4 Å². The second-order valence-electron chi connectivity index (χ2n) is 4.25. The molecule has 0 aliphatic rings. The molecule has 4 N–H and O–H groups in total. The number of nitrogens with one attached hydrogen (secondary N) is 2. The third-order valence-corrected chi connectivity index (χ3v) is 6.50. The maximum Gasteiger partial charge on any atom is 0.257 e. The van der Waals surface area contributed by atoms with E-state index < -0.39 is 20.0 Å². The predicted octanol–water partition coefficient (Wildman–Crippen LogP) is -0.0520. The normalized spacial score (nSPS) is 12.7. The number of H-pyrrole nitrogens is 1. The van der Waals surface area contributed by atoms with Crippen LogP contribution in [-0.4, -0.2) is 33.3 Å². The van der Waals surface area contributed by atoms with Gasteiger partial charge in [-0.3, -0.25) is 0 Å². The van der Waals surface area contributed by atoms with Crippen molar-refractivity contribution in [1.29, 1.82) is 0 Å². The molecule has 0 aliphatic carbocycles. The highest BCUT2D eigenvalue weighted by molar-refractivity contribution is 7.91. The van der Waals surface area contributed by atoms with Crippen molar-refractivity contribution in [3.05, 3.63) is 29.0 Å². The summed E-state index contributed by atoms with van der Waals surface area (Å²) in [4.78, 5) is 7.19. The van der Waals surface area contributed by atoms with Crippen LogP contribution in [-0.2, 0) is 26.5 Å². The molecule has 2 heterocycles. The molecule has 0 fully saturated rings. The lowest BCUT2D eigenvalue weighted by Gasteiger charge is -2.03. The van der Waals surface area contributed by atoms with Gasteiger partial charge in [0.2, 0.25) is 10.0 Å². The molecule has 0 aliphatic heterocycles. The Kier molecular flexibility index (Phi) is 4.49. The highest BCUT2D eigenvalue weighted by atomic mass is 32.2. The van der Waals surface area contributed by atoms with Crippen LogP contribution in [0.25, 0.3) is 0 Å². The zero-order chi connectivity index (χ0) is 15.7. The molecule has 0 spiro atoms.